The standard InChI is InChI=1S/C6H10O4S.C4H6/c7-5(8)1-3-11-4-2-6(9)10;1-3-4-2/h1-4H2,(H,7,8)(H,9,10);3-4H,1-2H2. The van der Waals surface area contributed by atoms with E-state index in [4.69, 9.17) is 10.2 Å². The average Bonchev–Trinajstić information content (AvgIpc) is 2.17. The number of carboxylic acids is 2. The summed E-state index contributed by atoms with van der Waals surface area (Å²) in [6.45, 7) is 6.72. The lowest BCUT2D eigenvalue weighted by Gasteiger charge is -1.94. The van der Waals surface area contributed by atoms with E-state index in [-0.39, 0.29) is 12.8 Å². The Hall–Kier alpha value is -1.23. The Bertz CT molecular complexity index is 191. The molecule has 0 aromatic rings. The maximum atomic E-state index is 9.97. The Labute approximate surface area is 93.7 Å². The fourth-order valence-corrected chi connectivity index (χ4v) is 1.26. The van der Waals surface area contributed by atoms with E-state index in [0.717, 1.165) is 0 Å². The van der Waals surface area contributed by atoms with E-state index >= 15 is 0 Å². The lowest BCUT2D eigenvalue weighted by molar-refractivity contribution is -0.137. The monoisotopic (exact) mass is 232 g/mol. The van der Waals surface area contributed by atoms with E-state index in [0.29, 0.717) is 11.5 Å². The van der Waals surface area contributed by atoms with Crippen LogP contribution in [0.4, 0.5) is 0 Å². The van der Waals surface area contributed by atoms with Crippen LogP contribution in [-0.4, -0.2) is 33.7 Å². The molecular weight excluding hydrogens is 216 g/mol. The molecule has 0 amide bonds. The summed E-state index contributed by atoms with van der Waals surface area (Å²) in [7, 11) is 0. The number of carboxylic acid groups (broad SMARTS) is 2. The number of hydrogen-bond donors (Lipinski definition) is 2. The van der Waals surface area contributed by atoms with E-state index in [9.17, 15) is 9.59 Å². The molecule has 0 atom stereocenters. The minimum absolute atomic E-state index is 0.101. The second-order valence-electron chi connectivity index (χ2n) is 2.37. The fourth-order valence-electron chi connectivity index (χ4n) is 0.421. The van der Waals surface area contributed by atoms with Gasteiger partial charge in [-0.2, -0.15) is 11.8 Å². The average molecular weight is 232 g/mol. The van der Waals surface area contributed by atoms with Crippen LogP contribution in [0.5, 0.6) is 0 Å². The number of rotatable bonds is 7. The van der Waals surface area contributed by atoms with Crippen molar-refractivity contribution in [3.8, 4) is 0 Å². The van der Waals surface area contributed by atoms with Gasteiger partial charge >= 0.3 is 11.9 Å². The van der Waals surface area contributed by atoms with Crippen LogP contribution < -0.4 is 0 Å². The number of carbonyl (C=O) groups is 2. The number of thioether (sulfide) groups is 1. The molecule has 0 saturated carbocycles. The van der Waals surface area contributed by atoms with Gasteiger partial charge in [-0.3, -0.25) is 9.59 Å². The van der Waals surface area contributed by atoms with E-state index in [2.05, 4.69) is 13.2 Å². The minimum Gasteiger partial charge on any atom is -0.481 e. The summed E-state index contributed by atoms with van der Waals surface area (Å²) in [5, 5.41) is 16.4. The number of allylic oxidation sites excluding steroid dienone is 2. The van der Waals surface area contributed by atoms with Crippen molar-refractivity contribution >= 4 is 23.7 Å². The number of hydrogen-bond acceptors (Lipinski definition) is 3. The smallest absolute Gasteiger partial charge is 0.304 e. The third kappa shape index (κ3) is 24.5. The molecule has 0 aromatic heterocycles. The van der Waals surface area contributed by atoms with Crippen LogP contribution in [-0.2, 0) is 9.59 Å². The summed E-state index contributed by atoms with van der Waals surface area (Å²) < 4.78 is 0. The van der Waals surface area contributed by atoms with Crippen LogP contribution in [0.15, 0.2) is 25.3 Å². The van der Waals surface area contributed by atoms with Crippen LogP contribution in [0.25, 0.3) is 0 Å². The Morgan fingerprint density at radius 1 is 1.00 bits per heavy atom. The molecule has 0 heterocycles. The van der Waals surface area contributed by atoms with Crippen molar-refractivity contribution in [1.82, 2.24) is 0 Å². The van der Waals surface area contributed by atoms with Gasteiger partial charge in [-0.05, 0) is 0 Å². The zero-order valence-corrected chi connectivity index (χ0v) is 9.33. The van der Waals surface area contributed by atoms with Crippen molar-refractivity contribution in [2.45, 2.75) is 12.8 Å². The van der Waals surface area contributed by atoms with Crippen LogP contribution in [0, 0.1) is 0 Å². The van der Waals surface area contributed by atoms with Gasteiger partial charge < -0.3 is 10.2 Å². The van der Waals surface area contributed by atoms with Gasteiger partial charge in [0.05, 0.1) is 12.8 Å². The Morgan fingerprint density at radius 3 is 1.53 bits per heavy atom. The Morgan fingerprint density at radius 2 is 1.33 bits per heavy atom. The molecule has 0 unspecified atom stereocenters. The van der Waals surface area contributed by atoms with Crippen LogP contribution in [0.3, 0.4) is 0 Å². The maximum Gasteiger partial charge on any atom is 0.304 e. The molecule has 0 aliphatic carbocycles. The SMILES string of the molecule is C=CC=C.O=C(O)CCSCCC(=O)O. The van der Waals surface area contributed by atoms with E-state index < -0.39 is 11.9 Å². The predicted octanol–water partition coefficient (Wildman–Crippen LogP) is 2.03. The second kappa shape index (κ2) is 12.8. The molecule has 15 heavy (non-hydrogen) atoms. The third-order valence-corrected chi connectivity index (χ3v) is 2.07. The van der Waals surface area contributed by atoms with Crippen molar-refractivity contribution in [2.75, 3.05) is 11.5 Å². The van der Waals surface area contributed by atoms with Gasteiger partial charge in [-0.25, -0.2) is 0 Å². The fraction of sp³-hybridized carbons (Fsp3) is 0.400. The molecule has 4 nitrogen and oxygen atoms in total. The summed E-state index contributed by atoms with van der Waals surface area (Å²) >= 11 is 1.35. The topological polar surface area (TPSA) is 74.6 Å². The summed E-state index contributed by atoms with van der Waals surface area (Å²) in [5.74, 6) is -0.703. The highest BCUT2D eigenvalue weighted by Crippen LogP contribution is 2.03. The molecule has 0 bridgehead atoms. The Balaban J connectivity index is 0. The molecule has 0 fully saturated rings. The first-order valence-corrected chi connectivity index (χ1v) is 5.44. The van der Waals surface area contributed by atoms with Crippen molar-refractivity contribution in [3.63, 3.8) is 0 Å². The van der Waals surface area contributed by atoms with Crippen molar-refractivity contribution in [3.05, 3.63) is 25.3 Å². The van der Waals surface area contributed by atoms with Crippen molar-refractivity contribution in [1.29, 1.82) is 0 Å². The lowest BCUT2D eigenvalue weighted by atomic mass is 10.5. The summed E-state index contributed by atoms with van der Waals surface area (Å²) in [4.78, 5) is 19.9. The minimum atomic E-state index is -0.840. The van der Waals surface area contributed by atoms with Gasteiger partial charge in [0.25, 0.3) is 0 Å². The van der Waals surface area contributed by atoms with Crippen LogP contribution in [0.2, 0.25) is 0 Å². The molecule has 5 heteroatoms. The van der Waals surface area contributed by atoms with Crippen LogP contribution in [0.1, 0.15) is 12.8 Å². The van der Waals surface area contributed by atoms with Gasteiger partial charge in [-0.15, -0.1) is 0 Å². The summed E-state index contributed by atoms with van der Waals surface area (Å²) in [6, 6.07) is 0. The normalized spacial score (nSPS) is 8.27. The highest BCUT2D eigenvalue weighted by molar-refractivity contribution is 7.99. The molecule has 0 saturated heterocycles. The van der Waals surface area contributed by atoms with Gasteiger partial charge in [0.2, 0.25) is 0 Å². The largest absolute Gasteiger partial charge is 0.481 e. The number of aliphatic carboxylic acids is 2. The zero-order chi connectivity index (χ0) is 12.1. The van der Waals surface area contributed by atoms with Gasteiger partial charge in [0.15, 0.2) is 0 Å². The van der Waals surface area contributed by atoms with Gasteiger partial charge in [0.1, 0.15) is 0 Å². The van der Waals surface area contributed by atoms with Crippen LogP contribution >= 0.6 is 11.8 Å². The predicted molar refractivity (Wildman–Crippen MR) is 62.2 cm³/mol. The molecule has 0 aliphatic heterocycles. The molecule has 0 radical (unpaired) electrons. The summed E-state index contributed by atoms with van der Waals surface area (Å²) in [6.07, 6.45) is 3.48. The maximum absolute atomic E-state index is 9.97. The molecule has 0 aliphatic rings. The van der Waals surface area contributed by atoms with E-state index in [1.54, 1.807) is 12.2 Å². The van der Waals surface area contributed by atoms with E-state index in [1.807, 2.05) is 0 Å². The van der Waals surface area contributed by atoms with Gasteiger partial charge in [-0.1, -0.05) is 25.3 Å². The first-order valence-electron chi connectivity index (χ1n) is 4.29. The molecule has 86 valence electrons. The second-order valence-corrected chi connectivity index (χ2v) is 3.60. The third-order valence-electron chi connectivity index (χ3n) is 1.09. The molecule has 0 aromatic carbocycles. The zero-order valence-electron chi connectivity index (χ0n) is 8.52. The van der Waals surface area contributed by atoms with Crippen molar-refractivity contribution in [2.24, 2.45) is 0 Å². The molecule has 2 N–H and O–H groups in total. The highest BCUT2D eigenvalue weighted by atomic mass is 32.2. The highest BCUT2D eigenvalue weighted by Gasteiger charge is 1.98. The quantitative estimate of drug-likeness (QED) is 0.519. The first-order chi connectivity index (χ1) is 7.04. The molecule has 0 rings (SSSR count). The first kappa shape index (κ1) is 16.2. The lowest BCUT2D eigenvalue weighted by Crippen LogP contribution is -1.99. The van der Waals surface area contributed by atoms with E-state index in [1.165, 1.54) is 11.8 Å². The Kier molecular flexibility index (Phi) is 13.8. The van der Waals surface area contributed by atoms with Crippen molar-refractivity contribution < 1.29 is 19.8 Å². The summed E-state index contributed by atoms with van der Waals surface area (Å²) in [5.41, 5.74) is 0. The van der Waals surface area contributed by atoms with Gasteiger partial charge in [0, 0.05) is 11.5 Å². The molecule has 0 spiro atoms. The molecular formula is C10H16O4S.